The number of benzene rings is 1. The van der Waals surface area contributed by atoms with Crippen LogP contribution >= 0.6 is 0 Å². The Hall–Kier alpha value is -2.35. The summed E-state index contributed by atoms with van der Waals surface area (Å²) in [7, 11) is 1.62. The lowest BCUT2D eigenvalue weighted by Gasteiger charge is -2.32. The molecule has 1 fully saturated rings. The molecule has 1 aliphatic heterocycles. The number of piperidine rings is 1. The van der Waals surface area contributed by atoms with Crippen molar-refractivity contribution in [1.82, 2.24) is 15.5 Å². The van der Waals surface area contributed by atoms with Crippen LogP contribution in [0.15, 0.2) is 29.3 Å². The van der Waals surface area contributed by atoms with E-state index in [0.717, 1.165) is 24.9 Å². The summed E-state index contributed by atoms with van der Waals surface area (Å²) in [5.74, 6) is 0.438. The summed E-state index contributed by atoms with van der Waals surface area (Å²) in [5.41, 5.74) is 0.881. The molecular formula is C20H31FN4O3. The maximum atomic E-state index is 13.1. The molecule has 8 heteroatoms. The zero-order chi connectivity index (χ0) is 20.4. The normalized spacial score (nSPS) is 16.6. The van der Waals surface area contributed by atoms with Gasteiger partial charge in [0.05, 0.1) is 13.2 Å². The van der Waals surface area contributed by atoms with Crippen molar-refractivity contribution < 1.29 is 18.7 Å². The van der Waals surface area contributed by atoms with Crippen LogP contribution in [-0.2, 0) is 9.47 Å². The van der Waals surface area contributed by atoms with E-state index in [4.69, 9.17) is 9.47 Å². The minimum atomic E-state index is -0.272. The molecule has 1 aromatic rings. The maximum Gasteiger partial charge on any atom is 0.409 e. The average molecular weight is 394 g/mol. The molecule has 7 nitrogen and oxygen atoms in total. The van der Waals surface area contributed by atoms with Gasteiger partial charge in [0.15, 0.2) is 5.96 Å². The van der Waals surface area contributed by atoms with Gasteiger partial charge in [-0.3, -0.25) is 4.99 Å². The molecule has 1 atom stereocenters. The molecule has 0 aromatic heterocycles. The second kappa shape index (κ2) is 11.5. The van der Waals surface area contributed by atoms with Gasteiger partial charge < -0.3 is 25.0 Å². The lowest BCUT2D eigenvalue weighted by atomic mass is 10.1. The molecule has 1 aromatic carbocycles. The highest BCUT2D eigenvalue weighted by Crippen LogP contribution is 2.17. The van der Waals surface area contributed by atoms with Gasteiger partial charge in [-0.15, -0.1) is 0 Å². The zero-order valence-corrected chi connectivity index (χ0v) is 16.9. The van der Waals surface area contributed by atoms with Crippen molar-refractivity contribution in [2.24, 2.45) is 4.99 Å². The number of rotatable bonds is 7. The molecule has 0 saturated carbocycles. The van der Waals surface area contributed by atoms with Gasteiger partial charge in [0.25, 0.3) is 0 Å². The summed E-state index contributed by atoms with van der Waals surface area (Å²) in [4.78, 5) is 18.2. The van der Waals surface area contributed by atoms with E-state index in [1.54, 1.807) is 24.1 Å². The first-order chi connectivity index (χ1) is 13.6. The van der Waals surface area contributed by atoms with Crippen molar-refractivity contribution in [2.75, 3.05) is 39.9 Å². The first-order valence-electron chi connectivity index (χ1n) is 9.82. The third kappa shape index (κ3) is 6.67. The van der Waals surface area contributed by atoms with Crippen LogP contribution in [0.2, 0.25) is 0 Å². The van der Waals surface area contributed by atoms with E-state index in [2.05, 4.69) is 15.6 Å². The van der Waals surface area contributed by atoms with Crippen molar-refractivity contribution in [3.8, 4) is 0 Å². The molecule has 1 aliphatic rings. The Morgan fingerprint density at radius 1 is 1.29 bits per heavy atom. The monoisotopic (exact) mass is 394 g/mol. The zero-order valence-electron chi connectivity index (χ0n) is 16.9. The van der Waals surface area contributed by atoms with E-state index in [1.807, 2.05) is 13.8 Å². The van der Waals surface area contributed by atoms with Crippen LogP contribution in [0.3, 0.4) is 0 Å². The summed E-state index contributed by atoms with van der Waals surface area (Å²) in [6.07, 6.45) is 1.16. The lowest BCUT2D eigenvalue weighted by Crippen LogP contribution is -2.50. The predicted molar refractivity (Wildman–Crippen MR) is 107 cm³/mol. The Bertz CT molecular complexity index is 631. The molecule has 2 N–H and O–H groups in total. The second-order valence-electron chi connectivity index (χ2n) is 6.60. The third-order valence-corrected chi connectivity index (χ3v) is 4.65. The smallest absolute Gasteiger partial charge is 0.409 e. The third-order valence-electron chi connectivity index (χ3n) is 4.65. The molecule has 0 aliphatic carbocycles. The largest absolute Gasteiger partial charge is 0.450 e. The highest BCUT2D eigenvalue weighted by atomic mass is 19.1. The molecule has 0 bridgehead atoms. The summed E-state index contributed by atoms with van der Waals surface area (Å²) >= 11 is 0. The van der Waals surface area contributed by atoms with E-state index < -0.39 is 0 Å². The maximum absolute atomic E-state index is 13.1. The van der Waals surface area contributed by atoms with Gasteiger partial charge in [-0.05, 0) is 44.4 Å². The molecule has 1 amide bonds. The fraction of sp³-hybridized carbons (Fsp3) is 0.600. The van der Waals surface area contributed by atoms with E-state index >= 15 is 0 Å². The van der Waals surface area contributed by atoms with Crippen molar-refractivity contribution in [3.05, 3.63) is 35.6 Å². The quantitative estimate of drug-likeness (QED) is 0.549. The summed E-state index contributed by atoms with van der Waals surface area (Å²) in [6, 6.07) is 6.50. The molecule has 0 spiro atoms. The highest BCUT2D eigenvalue weighted by molar-refractivity contribution is 5.80. The number of aliphatic imine (C=N–C) groups is 1. The van der Waals surface area contributed by atoms with Crippen molar-refractivity contribution in [1.29, 1.82) is 0 Å². The van der Waals surface area contributed by atoms with Crippen LogP contribution in [0.5, 0.6) is 0 Å². The first-order valence-corrected chi connectivity index (χ1v) is 9.82. The van der Waals surface area contributed by atoms with Gasteiger partial charge in [0.2, 0.25) is 0 Å². The van der Waals surface area contributed by atoms with E-state index in [1.165, 1.54) is 12.1 Å². The van der Waals surface area contributed by atoms with Crippen LogP contribution < -0.4 is 10.6 Å². The van der Waals surface area contributed by atoms with Crippen LogP contribution in [-0.4, -0.2) is 62.9 Å². The molecule has 2 rings (SSSR count). The van der Waals surface area contributed by atoms with Gasteiger partial charge in [-0.2, -0.15) is 0 Å². The van der Waals surface area contributed by atoms with Crippen molar-refractivity contribution >= 4 is 12.1 Å². The van der Waals surface area contributed by atoms with Crippen LogP contribution in [0.4, 0.5) is 9.18 Å². The van der Waals surface area contributed by atoms with Crippen LogP contribution in [0, 0.1) is 5.82 Å². The van der Waals surface area contributed by atoms with E-state index in [-0.39, 0.29) is 24.1 Å². The molecule has 0 radical (unpaired) electrons. The summed E-state index contributed by atoms with van der Waals surface area (Å²) in [5, 5.41) is 6.68. The van der Waals surface area contributed by atoms with Crippen LogP contribution in [0.1, 0.15) is 38.4 Å². The Kier molecular flexibility index (Phi) is 9.00. The SMILES string of the molecule is CCNC(=NCC(OC)c1ccc(F)cc1)NC1CCN(C(=O)OCC)CC1. The Morgan fingerprint density at radius 2 is 1.96 bits per heavy atom. The molecule has 1 unspecified atom stereocenters. The van der Waals surface area contributed by atoms with Crippen LogP contribution in [0.25, 0.3) is 0 Å². The van der Waals surface area contributed by atoms with Gasteiger partial charge in [0.1, 0.15) is 11.9 Å². The van der Waals surface area contributed by atoms with Gasteiger partial charge >= 0.3 is 6.09 Å². The minimum Gasteiger partial charge on any atom is -0.450 e. The highest BCUT2D eigenvalue weighted by Gasteiger charge is 2.24. The number of halogens is 1. The topological polar surface area (TPSA) is 75.2 Å². The number of hydrogen-bond acceptors (Lipinski definition) is 4. The van der Waals surface area contributed by atoms with Crippen molar-refractivity contribution in [3.63, 3.8) is 0 Å². The lowest BCUT2D eigenvalue weighted by molar-refractivity contribution is 0.0962. The van der Waals surface area contributed by atoms with Gasteiger partial charge in [0, 0.05) is 32.8 Å². The number of nitrogens with one attached hydrogen (secondary N) is 2. The number of guanidine groups is 1. The number of carbonyl (C=O) groups is 1. The second-order valence-corrected chi connectivity index (χ2v) is 6.60. The number of nitrogens with zero attached hydrogens (tertiary/aromatic N) is 2. The van der Waals surface area contributed by atoms with Gasteiger partial charge in [-0.25, -0.2) is 9.18 Å². The molecule has 1 saturated heterocycles. The molecule has 156 valence electrons. The number of likely N-dealkylation sites (tertiary alicyclic amines) is 1. The summed E-state index contributed by atoms with van der Waals surface area (Å²) < 4.78 is 23.7. The molecular weight excluding hydrogens is 363 g/mol. The Morgan fingerprint density at radius 3 is 2.54 bits per heavy atom. The van der Waals surface area contributed by atoms with E-state index in [9.17, 15) is 9.18 Å². The predicted octanol–water partition coefficient (Wildman–Crippen LogP) is 2.69. The molecule has 1 heterocycles. The van der Waals surface area contributed by atoms with Gasteiger partial charge in [-0.1, -0.05) is 12.1 Å². The number of ether oxygens (including phenoxy) is 2. The van der Waals surface area contributed by atoms with E-state index in [0.29, 0.717) is 32.2 Å². The number of carbonyl (C=O) groups excluding carboxylic acids is 1. The Balaban J connectivity index is 1.91. The first kappa shape index (κ1) is 21.9. The number of amides is 1. The fourth-order valence-electron chi connectivity index (χ4n) is 3.10. The van der Waals surface area contributed by atoms with Crippen molar-refractivity contribution in [2.45, 2.75) is 38.8 Å². The Labute approximate surface area is 166 Å². The minimum absolute atomic E-state index is 0.232. The number of hydrogen-bond donors (Lipinski definition) is 2. The standard InChI is InChI=1S/C20H31FN4O3/c1-4-22-19(23-14-18(27-3)15-6-8-16(21)9-7-15)24-17-10-12-25(13-11-17)20(26)28-5-2/h6-9,17-18H,4-5,10-14H2,1-3H3,(H2,22,23,24). The fourth-order valence-corrected chi connectivity index (χ4v) is 3.10. The summed E-state index contributed by atoms with van der Waals surface area (Å²) in [6.45, 7) is 6.68. The molecule has 28 heavy (non-hydrogen) atoms. The number of methoxy groups -OCH3 is 1. The average Bonchev–Trinajstić information content (AvgIpc) is 2.70.